The van der Waals surface area contributed by atoms with Crippen molar-refractivity contribution in [3.63, 3.8) is 0 Å². The van der Waals surface area contributed by atoms with E-state index in [2.05, 4.69) is 9.88 Å². The Kier molecular flexibility index (Phi) is 7.17. The molecule has 0 radical (unpaired) electrons. The first-order chi connectivity index (χ1) is 16.0. The topological polar surface area (TPSA) is 58.6 Å². The minimum absolute atomic E-state index is 0.0178. The minimum atomic E-state index is -0.249. The number of amides is 1. The molecular formula is C26H29FN4O2. The molecule has 3 aromatic rings. The first kappa shape index (κ1) is 22.7. The molecular weight excluding hydrogens is 419 g/mol. The maximum absolute atomic E-state index is 13.7. The number of ether oxygens (including phenoxy) is 1. The fourth-order valence-electron chi connectivity index (χ4n) is 4.17. The molecule has 0 saturated carbocycles. The van der Waals surface area contributed by atoms with E-state index >= 15 is 0 Å². The minimum Gasteiger partial charge on any atom is -0.484 e. The Balaban J connectivity index is 1.46. The average Bonchev–Trinajstić information content (AvgIpc) is 3.06. The maximum atomic E-state index is 13.7. The zero-order valence-corrected chi connectivity index (χ0v) is 19.1. The number of para-hydroxylation sites is 1. The number of hydrogen-bond acceptors (Lipinski definition) is 5. The molecule has 4 rings (SSSR count). The number of nitrogens with zero attached hydrogens (tertiary/aromatic N) is 4. The van der Waals surface area contributed by atoms with Gasteiger partial charge >= 0.3 is 0 Å². The molecule has 172 valence electrons. The van der Waals surface area contributed by atoms with Crippen LogP contribution in [0.2, 0.25) is 0 Å². The van der Waals surface area contributed by atoms with Crippen molar-refractivity contribution in [1.29, 1.82) is 0 Å². The highest BCUT2D eigenvalue weighted by molar-refractivity contribution is 5.78. The number of aryl methyl sites for hydroxylation is 2. The summed E-state index contributed by atoms with van der Waals surface area (Å²) in [5.41, 5.74) is 2.78. The number of carbonyl (C=O) groups is 1. The van der Waals surface area contributed by atoms with Crippen molar-refractivity contribution < 1.29 is 13.9 Å². The molecule has 1 aliphatic rings. The second-order valence-corrected chi connectivity index (χ2v) is 8.29. The molecule has 2 aromatic carbocycles. The van der Waals surface area contributed by atoms with Gasteiger partial charge < -0.3 is 14.5 Å². The van der Waals surface area contributed by atoms with E-state index in [1.807, 2.05) is 55.1 Å². The number of anilines is 1. The van der Waals surface area contributed by atoms with Gasteiger partial charge in [-0.05, 0) is 50.1 Å². The second kappa shape index (κ2) is 10.4. The third-order valence-electron chi connectivity index (χ3n) is 5.83. The third kappa shape index (κ3) is 5.86. The fraction of sp³-hybridized carbons (Fsp3) is 0.346. The van der Waals surface area contributed by atoms with Gasteiger partial charge in [-0.2, -0.15) is 0 Å². The van der Waals surface area contributed by atoms with Crippen molar-refractivity contribution >= 4 is 11.7 Å². The largest absolute Gasteiger partial charge is 0.484 e. The van der Waals surface area contributed by atoms with Crippen molar-refractivity contribution in [2.75, 3.05) is 37.7 Å². The quantitative estimate of drug-likeness (QED) is 0.572. The summed E-state index contributed by atoms with van der Waals surface area (Å²) >= 11 is 0. The first-order valence-corrected chi connectivity index (χ1v) is 11.3. The van der Waals surface area contributed by atoms with Gasteiger partial charge in [-0.15, -0.1) is 0 Å². The van der Waals surface area contributed by atoms with Crippen molar-refractivity contribution in [1.82, 2.24) is 14.9 Å². The van der Waals surface area contributed by atoms with Gasteiger partial charge in [0, 0.05) is 43.9 Å². The second-order valence-electron chi connectivity index (χ2n) is 8.29. The molecule has 33 heavy (non-hydrogen) atoms. The molecule has 0 atom stereocenters. The van der Waals surface area contributed by atoms with Crippen LogP contribution in [0.15, 0.2) is 54.6 Å². The molecule has 0 unspecified atom stereocenters. The van der Waals surface area contributed by atoms with Crippen LogP contribution in [0.1, 0.15) is 29.1 Å². The van der Waals surface area contributed by atoms with Gasteiger partial charge in [0.05, 0.1) is 0 Å². The van der Waals surface area contributed by atoms with E-state index < -0.39 is 0 Å². The molecule has 1 amide bonds. The molecule has 7 heteroatoms. The van der Waals surface area contributed by atoms with Crippen LogP contribution in [0, 0.1) is 19.7 Å². The maximum Gasteiger partial charge on any atom is 0.260 e. The SMILES string of the molecule is Cc1nc(C)c(Cc2cccc(F)c2)c(N2CCCN(C(=O)COc3ccccc3)CC2)n1. The highest BCUT2D eigenvalue weighted by Gasteiger charge is 2.23. The van der Waals surface area contributed by atoms with Crippen LogP contribution in [0.5, 0.6) is 5.75 Å². The Morgan fingerprint density at radius 2 is 1.82 bits per heavy atom. The molecule has 0 N–H and O–H groups in total. The molecule has 1 aromatic heterocycles. The van der Waals surface area contributed by atoms with Crippen LogP contribution < -0.4 is 9.64 Å². The Morgan fingerprint density at radius 1 is 1.00 bits per heavy atom. The third-order valence-corrected chi connectivity index (χ3v) is 5.83. The smallest absolute Gasteiger partial charge is 0.260 e. The molecule has 0 aliphatic carbocycles. The number of aromatic nitrogens is 2. The van der Waals surface area contributed by atoms with Gasteiger partial charge in [-0.3, -0.25) is 4.79 Å². The summed E-state index contributed by atoms with van der Waals surface area (Å²) in [6, 6.07) is 16.0. The van der Waals surface area contributed by atoms with Crippen LogP contribution in [0.4, 0.5) is 10.2 Å². The predicted octanol–water partition coefficient (Wildman–Crippen LogP) is 3.94. The van der Waals surface area contributed by atoms with Crippen LogP contribution in [-0.4, -0.2) is 53.6 Å². The number of carbonyl (C=O) groups excluding carboxylic acids is 1. The lowest BCUT2D eigenvalue weighted by Gasteiger charge is -2.26. The first-order valence-electron chi connectivity index (χ1n) is 11.3. The monoisotopic (exact) mass is 448 g/mol. The number of benzene rings is 2. The van der Waals surface area contributed by atoms with Crippen LogP contribution in [0.25, 0.3) is 0 Å². The van der Waals surface area contributed by atoms with E-state index in [-0.39, 0.29) is 18.3 Å². The van der Waals surface area contributed by atoms with Crippen molar-refractivity contribution in [3.8, 4) is 5.75 Å². The highest BCUT2D eigenvalue weighted by atomic mass is 19.1. The molecule has 6 nitrogen and oxygen atoms in total. The van der Waals surface area contributed by atoms with Gasteiger partial charge in [0.25, 0.3) is 5.91 Å². The summed E-state index contributed by atoms with van der Waals surface area (Å²) in [6.45, 7) is 6.62. The predicted molar refractivity (Wildman–Crippen MR) is 126 cm³/mol. The lowest BCUT2D eigenvalue weighted by atomic mass is 10.0. The lowest BCUT2D eigenvalue weighted by Crippen LogP contribution is -2.38. The Bertz CT molecular complexity index is 1110. The van der Waals surface area contributed by atoms with Gasteiger partial charge in [0.15, 0.2) is 6.61 Å². The summed E-state index contributed by atoms with van der Waals surface area (Å²) in [5.74, 6) is 2.01. The summed E-state index contributed by atoms with van der Waals surface area (Å²) in [4.78, 5) is 26.1. The zero-order chi connectivity index (χ0) is 23.2. The molecule has 0 spiro atoms. The van der Waals surface area contributed by atoms with E-state index in [0.29, 0.717) is 37.6 Å². The van der Waals surface area contributed by atoms with Crippen LogP contribution in [-0.2, 0) is 11.2 Å². The van der Waals surface area contributed by atoms with E-state index in [4.69, 9.17) is 9.72 Å². The normalized spacial score (nSPS) is 14.2. The van der Waals surface area contributed by atoms with Crippen molar-refractivity contribution in [2.45, 2.75) is 26.7 Å². The van der Waals surface area contributed by atoms with E-state index in [9.17, 15) is 9.18 Å². The molecule has 2 heterocycles. The number of hydrogen-bond donors (Lipinski definition) is 0. The Labute approximate surface area is 194 Å². The highest BCUT2D eigenvalue weighted by Crippen LogP contribution is 2.25. The molecule has 1 saturated heterocycles. The Morgan fingerprint density at radius 3 is 2.61 bits per heavy atom. The Hall–Kier alpha value is -3.48. The van der Waals surface area contributed by atoms with Gasteiger partial charge in [0.1, 0.15) is 23.2 Å². The van der Waals surface area contributed by atoms with E-state index in [1.54, 1.807) is 12.1 Å². The van der Waals surface area contributed by atoms with E-state index in [1.165, 1.54) is 6.07 Å². The zero-order valence-electron chi connectivity index (χ0n) is 19.1. The van der Waals surface area contributed by atoms with Crippen LogP contribution in [0.3, 0.4) is 0 Å². The van der Waals surface area contributed by atoms with Crippen molar-refractivity contribution in [3.05, 3.63) is 83.1 Å². The number of rotatable bonds is 6. The molecule has 1 aliphatic heterocycles. The average molecular weight is 449 g/mol. The van der Waals surface area contributed by atoms with Crippen LogP contribution >= 0.6 is 0 Å². The standard InChI is InChI=1S/C26H29FN4O2/c1-19-24(17-21-8-6-9-22(27)16-21)26(29-20(2)28-19)31-13-7-12-30(14-15-31)25(32)18-33-23-10-4-3-5-11-23/h3-6,8-11,16H,7,12-15,17-18H2,1-2H3. The summed E-state index contributed by atoms with van der Waals surface area (Å²) in [7, 11) is 0. The van der Waals surface area contributed by atoms with E-state index in [0.717, 1.165) is 35.6 Å². The molecule has 1 fully saturated rings. The summed E-state index contributed by atoms with van der Waals surface area (Å²) < 4.78 is 19.4. The number of halogens is 1. The van der Waals surface area contributed by atoms with Gasteiger partial charge in [0.2, 0.25) is 0 Å². The van der Waals surface area contributed by atoms with Crippen molar-refractivity contribution in [2.24, 2.45) is 0 Å². The molecule has 0 bridgehead atoms. The van der Waals surface area contributed by atoms with Gasteiger partial charge in [-0.25, -0.2) is 14.4 Å². The fourth-order valence-corrected chi connectivity index (χ4v) is 4.17. The lowest BCUT2D eigenvalue weighted by molar-refractivity contribution is -0.133. The summed E-state index contributed by atoms with van der Waals surface area (Å²) in [5, 5.41) is 0. The van der Waals surface area contributed by atoms with Gasteiger partial charge in [-0.1, -0.05) is 30.3 Å². The summed E-state index contributed by atoms with van der Waals surface area (Å²) in [6.07, 6.45) is 1.39.